The van der Waals surface area contributed by atoms with Crippen LogP contribution in [0.15, 0.2) is 59.0 Å². The van der Waals surface area contributed by atoms with Crippen LogP contribution in [0.5, 0.6) is 5.75 Å². The van der Waals surface area contributed by atoms with Crippen molar-refractivity contribution in [3.05, 3.63) is 71.1 Å². The summed E-state index contributed by atoms with van der Waals surface area (Å²) in [6, 6.07) is 16.6. The van der Waals surface area contributed by atoms with Crippen LogP contribution in [0.4, 0.5) is 0 Å². The second-order valence-electron chi connectivity index (χ2n) is 5.73. The van der Waals surface area contributed by atoms with Gasteiger partial charge in [-0.05, 0) is 43.3 Å². The Kier molecular flexibility index (Phi) is 5.92. The number of benzene rings is 2. The molecule has 0 fully saturated rings. The molecule has 0 spiro atoms. The molecule has 0 aliphatic heterocycles. The first-order valence-electron chi connectivity index (χ1n) is 8.28. The molecule has 0 aliphatic rings. The standard InChI is InChI=1S/C20H19ClN2O3/c1-14-18(23-20(26-14)15-5-3-2-4-6-15)11-12-22-19(24)13-25-17-9-7-16(21)8-10-17/h2-10H,11-13H2,1H3,(H,22,24). The second kappa shape index (κ2) is 8.54. The van der Waals surface area contributed by atoms with Gasteiger partial charge in [0.05, 0.1) is 5.69 Å². The molecule has 0 atom stereocenters. The number of rotatable bonds is 7. The molecular formula is C20H19ClN2O3. The fraction of sp³-hybridized carbons (Fsp3) is 0.200. The molecule has 0 saturated heterocycles. The normalized spacial score (nSPS) is 10.5. The molecule has 0 unspecified atom stereocenters. The van der Waals surface area contributed by atoms with E-state index in [2.05, 4.69) is 10.3 Å². The number of halogens is 1. The summed E-state index contributed by atoms with van der Waals surface area (Å²) in [7, 11) is 0. The smallest absolute Gasteiger partial charge is 0.257 e. The number of oxazole rings is 1. The Balaban J connectivity index is 1.46. The van der Waals surface area contributed by atoms with Crippen LogP contribution in [0, 0.1) is 6.92 Å². The number of nitrogens with one attached hydrogen (secondary N) is 1. The predicted molar refractivity (Wildman–Crippen MR) is 100 cm³/mol. The lowest BCUT2D eigenvalue weighted by atomic mass is 10.2. The number of nitrogens with zero attached hydrogens (tertiary/aromatic N) is 1. The monoisotopic (exact) mass is 370 g/mol. The van der Waals surface area contributed by atoms with Gasteiger partial charge in [0.1, 0.15) is 11.5 Å². The van der Waals surface area contributed by atoms with Crippen molar-refractivity contribution in [3.8, 4) is 17.2 Å². The van der Waals surface area contributed by atoms with Crippen molar-refractivity contribution in [1.82, 2.24) is 10.3 Å². The summed E-state index contributed by atoms with van der Waals surface area (Å²) in [5, 5.41) is 3.44. The minimum atomic E-state index is -0.190. The summed E-state index contributed by atoms with van der Waals surface area (Å²) in [5.74, 6) is 1.76. The van der Waals surface area contributed by atoms with Crippen LogP contribution >= 0.6 is 11.6 Å². The number of carbonyl (C=O) groups excluding carboxylic acids is 1. The van der Waals surface area contributed by atoms with E-state index in [-0.39, 0.29) is 12.5 Å². The Labute approximate surface area is 157 Å². The molecule has 134 valence electrons. The van der Waals surface area contributed by atoms with Gasteiger partial charge in [0.15, 0.2) is 6.61 Å². The number of aromatic nitrogens is 1. The first kappa shape index (κ1) is 18.0. The topological polar surface area (TPSA) is 64.4 Å². The van der Waals surface area contributed by atoms with E-state index in [4.69, 9.17) is 20.8 Å². The van der Waals surface area contributed by atoms with Crippen LogP contribution < -0.4 is 10.1 Å². The first-order valence-corrected chi connectivity index (χ1v) is 8.66. The van der Waals surface area contributed by atoms with E-state index < -0.39 is 0 Å². The van der Waals surface area contributed by atoms with Gasteiger partial charge in [0.2, 0.25) is 5.89 Å². The molecule has 1 amide bonds. The molecule has 0 aliphatic carbocycles. The highest BCUT2D eigenvalue weighted by atomic mass is 35.5. The highest BCUT2D eigenvalue weighted by molar-refractivity contribution is 6.30. The minimum Gasteiger partial charge on any atom is -0.484 e. The summed E-state index contributed by atoms with van der Waals surface area (Å²) in [6.07, 6.45) is 0.592. The molecule has 0 saturated carbocycles. The molecule has 3 rings (SSSR count). The second-order valence-corrected chi connectivity index (χ2v) is 6.17. The van der Waals surface area contributed by atoms with Gasteiger partial charge in [0, 0.05) is 23.6 Å². The van der Waals surface area contributed by atoms with Crippen molar-refractivity contribution < 1.29 is 13.9 Å². The molecule has 1 heterocycles. The number of aryl methyl sites for hydroxylation is 1. The molecule has 3 aromatic rings. The fourth-order valence-electron chi connectivity index (χ4n) is 2.42. The Morgan fingerprint density at radius 2 is 1.88 bits per heavy atom. The van der Waals surface area contributed by atoms with E-state index in [0.717, 1.165) is 17.0 Å². The lowest BCUT2D eigenvalue weighted by Crippen LogP contribution is -2.30. The predicted octanol–water partition coefficient (Wildman–Crippen LogP) is 4.04. The van der Waals surface area contributed by atoms with Crippen LogP contribution in [-0.2, 0) is 11.2 Å². The largest absolute Gasteiger partial charge is 0.484 e. The average molecular weight is 371 g/mol. The molecular weight excluding hydrogens is 352 g/mol. The average Bonchev–Trinajstić information content (AvgIpc) is 3.03. The van der Waals surface area contributed by atoms with Crippen LogP contribution in [0.3, 0.4) is 0 Å². The van der Waals surface area contributed by atoms with Crippen molar-refractivity contribution in [1.29, 1.82) is 0 Å². The fourth-order valence-corrected chi connectivity index (χ4v) is 2.54. The van der Waals surface area contributed by atoms with Crippen molar-refractivity contribution in [2.75, 3.05) is 13.2 Å². The minimum absolute atomic E-state index is 0.0469. The highest BCUT2D eigenvalue weighted by Crippen LogP contribution is 2.21. The quantitative estimate of drug-likeness (QED) is 0.681. The van der Waals surface area contributed by atoms with Gasteiger partial charge in [-0.1, -0.05) is 29.8 Å². The molecule has 0 radical (unpaired) electrons. The van der Waals surface area contributed by atoms with E-state index in [1.807, 2.05) is 37.3 Å². The zero-order chi connectivity index (χ0) is 18.4. The molecule has 6 heteroatoms. The molecule has 5 nitrogen and oxygen atoms in total. The number of ether oxygens (including phenoxy) is 1. The third-order valence-corrected chi connectivity index (χ3v) is 4.03. The summed E-state index contributed by atoms with van der Waals surface area (Å²) in [5.41, 5.74) is 1.77. The van der Waals surface area contributed by atoms with E-state index >= 15 is 0 Å². The van der Waals surface area contributed by atoms with Gasteiger partial charge in [-0.25, -0.2) is 4.98 Å². The number of hydrogen-bond donors (Lipinski definition) is 1. The Bertz CT molecular complexity index is 861. The molecule has 1 N–H and O–H groups in total. The lowest BCUT2D eigenvalue weighted by Gasteiger charge is -2.07. The zero-order valence-electron chi connectivity index (χ0n) is 14.4. The van der Waals surface area contributed by atoms with E-state index in [1.54, 1.807) is 24.3 Å². The third kappa shape index (κ3) is 4.86. The number of hydrogen-bond acceptors (Lipinski definition) is 4. The van der Waals surface area contributed by atoms with Crippen LogP contribution in [0.1, 0.15) is 11.5 Å². The molecule has 1 aromatic heterocycles. The van der Waals surface area contributed by atoms with E-state index in [9.17, 15) is 4.79 Å². The van der Waals surface area contributed by atoms with Crippen molar-refractivity contribution in [2.24, 2.45) is 0 Å². The van der Waals surface area contributed by atoms with E-state index in [1.165, 1.54) is 0 Å². The van der Waals surface area contributed by atoms with Gasteiger partial charge in [0.25, 0.3) is 5.91 Å². The van der Waals surface area contributed by atoms with Crippen LogP contribution in [0.25, 0.3) is 11.5 Å². The highest BCUT2D eigenvalue weighted by Gasteiger charge is 2.11. The van der Waals surface area contributed by atoms with Crippen LogP contribution in [0.2, 0.25) is 5.02 Å². The zero-order valence-corrected chi connectivity index (χ0v) is 15.1. The number of amides is 1. The summed E-state index contributed by atoms with van der Waals surface area (Å²) >= 11 is 5.81. The SMILES string of the molecule is Cc1oc(-c2ccccc2)nc1CCNC(=O)COc1ccc(Cl)cc1. The van der Waals surface area contributed by atoms with Gasteiger partial charge < -0.3 is 14.5 Å². The Morgan fingerprint density at radius 3 is 2.62 bits per heavy atom. The Hall–Kier alpha value is -2.79. The van der Waals surface area contributed by atoms with Gasteiger partial charge >= 0.3 is 0 Å². The maximum atomic E-state index is 11.9. The maximum Gasteiger partial charge on any atom is 0.257 e. The summed E-state index contributed by atoms with van der Waals surface area (Å²) < 4.78 is 11.1. The van der Waals surface area contributed by atoms with Gasteiger partial charge in [-0.3, -0.25) is 4.79 Å². The van der Waals surface area contributed by atoms with E-state index in [0.29, 0.717) is 29.6 Å². The Morgan fingerprint density at radius 1 is 1.15 bits per heavy atom. The summed E-state index contributed by atoms with van der Waals surface area (Å²) in [6.45, 7) is 2.29. The third-order valence-electron chi connectivity index (χ3n) is 3.78. The number of carbonyl (C=O) groups is 1. The van der Waals surface area contributed by atoms with Gasteiger partial charge in [-0.2, -0.15) is 0 Å². The van der Waals surface area contributed by atoms with Crippen molar-refractivity contribution in [2.45, 2.75) is 13.3 Å². The molecule has 2 aromatic carbocycles. The molecule has 26 heavy (non-hydrogen) atoms. The maximum absolute atomic E-state index is 11.9. The lowest BCUT2D eigenvalue weighted by molar-refractivity contribution is -0.123. The summed E-state index contributed by atoms with van der Waals surface area (Å²) in [4.78, 5) is 16.4. The van der Waals surface area contributed by atoms with Crippen molar-refractivity contribution in [3.63, 3.8) is 0 Å². The van der Waals surface area contributed by atoms with Gasteiger partial charge in [-0.15, -0.1) is 0 Å². The first-order chi connectivity index (χ1) is 12.6. The van der Waals surface area contributed by atoms with Crippen molar-refractivity contribution >= 4 is 17.5 Å². The molecule has 0 bridgehead atoms. The van der Waals surface area contributed by atoms with Crippen LogP contribution in [-0.4, -0.2) is 24.0 Å².